The molecule has 0 radical (unpaired) electrons. The van der Waals surface area contributed by atoms with Crippen molar-refractivity contribution in [3.63, 3.8) is 0 Å². The molecule has 2 atom stereocenters. The van der Waals surface area contributed by atoms with Gasteiger partial charge >= 0.3 is 382 Å². The van der Waals surface area contributed by atoms with Gasteiger partial charge in [-0.05, 0) is 0 Å². The fourth-order valence-corrected chi connectivity index (χ4v) is 33.7. The Bertz CT molecular complexity index is 3490. The van der Waals surface area contributed by atoms with Crippen LogP contribution in [-0.2, 0) is 17.4 Å². The van der Waals surface area contributed by atoms with Crippen molar-refractivity contribution in [2.75, 3.05) is 0 Å². The van der Waals surface area contributed by atoms with E-state index >= 15 is 0 Å². The van der Waals surface area contributed by atoms with Gasteiger partial charge in [0.25, 0.3) is 0 Å². The average Bonchev–Trinajstić information content (AvgIpc) is 3.88. The second-order valence-corrected chi connectivity index (χ2v) is 50.1. The minimum Gasteiger partial charge on any atom is -0.147 e. The molecule has 0 heterocycles. The van der Waals surface area contributed by atoms with Crippen LogP contribution in [0.2, 0.25) is 9.26 Å². The van der Waals surface area contributed by atoms with E-state index in [1.165, 1.54) is 121 Å². The van der Waals surface area contributed by atoms with Gasteiger partial charge < -0.3 is 0 Å². The summed E-state index contributed by atoms with van der Waals surface area (Å²) in [7, 11) is 0. The van der Waals surface area contributed by atoms with E-state index in [4.69, 9.17) is 0 Å². The minimum atomic E-state index is -4.25. The largest absolute Gasteiger partial charge is 0.147 e. The summed E-state index contributed by atoms with van der Waals surface area (Å²) in [5, 5.41) is 10.4. The molecule has 322 valence electrons. The molecule has 0 saturated carbocycles. The Morgan fingerprint density at radius 3 is 0.894 bits per heavy atom. The van der Waals surface area contributed by atoms with Gasteiger partial charge in [-0.2, -0.15) is 0 Å². The zero-order valence-corrected chi connectivity index (χ0v) is 43.3. The topological polar surface area (TPSA) is 0 Å². The molecule has 0 N–H and O–H groups in total. The molecule has 0 spiro atoms. The first-order valence-corrected chi connectivity index (χ1v) is 36.5. The normalized spacial score (nSPS) is 15.5. The molecular formula is C62H52Cl2SiZr. The smallest absolute Gasteiger partial charge is 0.147 e. The van der Waals surface area contributed by atoms with Crippen LogP contribution in [0.3, 0.4) is 0 Å². The zero-order chi connectivity index (χ0) is 43.3. The maximum absolute atomic E-state index is 4.25. The van der Waals surface area contributed by atoms with E-state index in [-0.39, 0.29) is 24.8 Å². The molecular weight excluding hydrogens is 935 g/mol. The Morgan fingerprint density at radius 1 is 0.318 bits per heavy atom. The maximum Gasteiger partial charge on any atom is -0.147 e. The van der Waals surface area contributed by atoms with Gasteiger partial charge in [-0.15, -0.1) is 24.8 Å². The van der Waals surface area contributed by atoms with Gasteiger partial charge in [0, 0.05) is 0 Å². The van der Waals surface area contributed by atoms with Crippen molar-refractivity contribution in [3.8, 4) is 44.5 Å². The average molecular weight is 987 g/mol. The van der Waals surface area contributed by atoms with E-state index in [2.05, 4.69) is 236 Å². The second kappa shape index (κ2) is 16.6. The van der Waals surface area contributed by atoms with Gasteiger partial charge in [0.15, 0.2) is 0 Å². The van der Waals surface area contributed by atoms with E-state index in [1.54, 1.807) is 0 Å². The van der Waals surface area contributed by atoms with Crippen LogP contribution in [0, 0.1) is 0 Å². The van der Waals surface area contributed by atoms with Crippen LogP contribution in [0.25, 0.3) is 99.7 Å². The van der Waals surface area contributed by atoms with E-state index in [9.17, 15) is 0 Å². The molecule has 0 bridgehead atoms. The number of halogens is 2. The van der Waals surface area contributed by atoms with Gasteiger partial charge in [-0.25, -0.2) is 0 Å². The van der Waals surface area contributed by atoms with E-state index < -0.39 is 17.4 Å². The standard InChI is InChI=1S/2C30H21.2CH3.2ClH.H2Si.Zr/c2*1-20-18-29-27(25-14-6-10-21-8-2-4-12-23(21)25)16-17-28(30(29)19-20)26-15-7-11-22-9-3-5-13-24(22)26;;;;;;/h2*2-19H,1H3;2*1H3;2*1H;1H2;. The number of fused-ring (bicyclic) bond motifs is 6. The third-order valence-electron chi connectivity index (χ3n) is 15.0. The quantitative estimate of drug-likeness (QED) is 0.146. The first kappa shape index (κ1) is 44.2. The summed E-state index contributed by atoms with van der Waals surface area (Å²) in [5.41, 5.74) is 19.6. The molecule has 2 aliphatic carbocycles. The number of allylic oxidation sites excluding steroid dienone is 2. The zero-order valence-electron chi connectivity index (χ0n) is 37.8. The Labute approximate surface area is 403 Å². The van der Waals surface area contributed by atoms with Gasteiger partial charge in [0.1, 0.15) is 0 Å². The first-order valence-electron chi connectivity index (χ1n) is 22.8. The third-order valence-corrected chi connectivity index (χ3v) is 32.8. The van der Waals surface area contributed by atoms with Crippen molar-refractivity contribution in [1.29, 1.82) is 0 Å². The third kappa shape index (κ3) is 6.79. The second-order valence-electron chi connectivity index (χ2n) is 19.7. The Kier molecular flexibility index (Phi) is 11.1. The number of hydrogen-bond acceptors (Lipinski definition) is 0. The summed E-state index contributed by atoms with van der Waals surface area (Å²) in [5.74, 6) is 0. The molecule has 12 rings (SSSR count). The van der Waals surface area contributed by atoms with Crippen LogP contribution in [0.4, 0.5) is 0 Å². The minimum absolute atomic E-state index is 0. The maximum atomic E-state index is 2.81. The van der Waals surface area contributed by atoms with Crippen LogP contribution in [0.5, 0.6) is 0 Å². The van der Waals surface area contributed by atoms with E-state index in [0.29, 0.717) is 7.25 Å². The molecule has 2 unspecified atom stereocenters. The molecule has 0 aromatic heterocycles. The van der Waals surface area contributed by atoms with Gasteiger partial charge in [0.05, 0.1) is 0 Å². The predicted molar refractivity (Wildman–Crippen MR) is 292 cm³/mol. The molecule has 66 heavy (non-hydrogen) atoms. The molecule has 0 fully saturated rings. The molecule has 2 aliphatic rings. The molecule has 0 saturated heterocycles. The van der Waals surface area contributed by atoms with E-state index in [0.717, 1.165) is 0 Å². The van der Waals surface area contributed by atoms with Crippen LogP contribution in [0.15, 0.2) is 205 Å². The van der Waals surface area contributed by atoms with Crippen LogP contribution in [0.1, 0.15) is 43.4 Å². The van der Waals surface area contributed by atoms with Crippen LogP contribution in [-0.4, -0.2) is 6.88 Å². The van der Waals surface area contributed by atoms with Crippen molar-refractivity contribution in [3.05, 3.63) is 228 Å². The summed E-state index contributed by atoms with van der Waals surface area (Å²) < 4.78 is 6.23. The predicted octanol–water partition coefficient (Wildman–Crippen LogP) is 17.8. The molecule has 10 aromatic rings. The monoisotopic (exact) mass is 984 g/mol. The Hall–Kier alpha value is -5.60. The van der Waals surface area contributed by atoms with Crippen molar-refractivity contribution >= 4 is 86.9 Å². The van der Waals surface area contributed by atoms with Crippen molar-refractivity contribution in [1.82, 2.24) is 0 Å². The summed E-state index contributed by atoms with van der Waals surface area (Å²) in [6.45, 7) is 7.39. The van der Waals surface area contributed by atoms with Gasteiger partial charge in [-0.1, -0.05) is 0 Å². The van der Waals surface area contributed by atoms with Gasteiger partial charge in [0.2, 0.25) is 0 Å². The van der Waals surface area contributed by atoms with Crippen molar-refractivity contribution < 1.29 is 17.4 Å². The van der Waals surface area contributed by atoms with Crippen LogP contribution >= 0.6 is 24.8 Å². The molecule has 10 aromatic carbocycles. The SMILES string of the molecule is CC1=Cc2c(-c3cccc4ccccc34)ccc(-c3cccc4ccccc34)c2[CH]1[Zr]([CH3])([CH3])(=[SiH2])[CH]1C(C)=Cc2c(-c3cccc4ccccc34)ccc(-c3cccc4ccccc34)c21.Cl.Cl. The fraction of sp³-hybridized carbons (Fsp3) is 0.0968. The van der Waals surface area contributed by atoms with Crippen molar-refractivity contribution in [2.45, 2.75) is 30.4 Å². The summed E-state index contributed by atoms with van der Waals surface area (Å²) >= 11 is -4.25. The molecule has 4 heteroatoms. The number of hydrogen-bond donors (Lipinski definition) is 0. The van der Waals surface area contributed by atoms with Gasteiger partial charge in [-0.3, -0.25) is 0 Å². The number of benzene rings is 10. The molecule has 0 aliphatic heterocycles. The Morgan fingerprint density at radius 2 is 0.576 bits per heavy atom. The van der Waals surface area contributed by atoms with Crippen molar-refractivity contribution in [2.24, 2.45) is 0 Å². The Balaban J connectivity index is 0.00000256. The summed E-state index contributed by atoms with van der Waals surface area (Å²) in [6.07, 6.45) is 5.21. The van der Waals surface area contributed by atoms with Crippen LogP contribution < -0.4 is 0 Å². The number of rotatable bonds is 6. The summed E-state index contributed by atoms with van der Waals surface area (Å²) in [4.78, 5) is 0. The molecule has 0 nitrogen and oxygen atoms in total. The molecule has 0 amide bonds. The fourth-order valence-electron chi connectivity index (χ4n) is 12.7. The first-order chi connectivity index (χ1) is 31.1. The van der Waals surface area contributed by atoms with E-state index in [1.807, 2.05) is 0 Å². The summed E-state index contributed by atoms with van der Waals surface area (Å²) in [6, 6.07) is 73.0.